The van der Waals surface area contributed by atoms with Crippen molar-refractivity contribution in [1.29, 1.82) is 5.26 Å². The van der Waals surface area contributed by atoms with Crippen LogP contribution in [0, 0.1) is 11.3 Å². The zero-order valence-electron chi connectivity index (χ0n) is 20.1. The lowest BCUT2D eigenvalue weighted by molar-refractivity contribution is 0.158. The molecule has 0 N–H and O–H groups in total. The largest absolute Gasteiger partial charge is 0.364 e. The van der Waals surface area contributed by atoms with E-state index in [1.165, 1.54) is 11.1 Å². The van der Waals surface area contributed by atoms with Crippen LogP contribution in [0.25, 0.3) is 22.1 Å². The second kappa shape index (κ2) is 8.58. The number of rotatable bonds is 4. The number of nitriles is 1. The third kappa shape index (κ3) is 3.62. The molecule has 0 aliphatic carbocycles. The quantitative estimate of drug-likeness (QED) is 0.470. The van der Waals surface area contributed by atoms with Crippen LogP contribution in [-0.2, 0) is 20.1 Å². The molecule has 2 atom stereocenters. The van der Waals surface area contributed by atoms with E-state index in [9.17, 15) is 10.1 Å². The predicted molar refractivity (Wildman–Crippen MR) is 134 cm³/mol. The van der Waals surface area contributed by atoms with Crippen molar-refractivity contribution < 1.29 is 0 Å². The van der Waals surface area contributed by atoms with Gasteiger partial charge in [0.2, 0.25) is 0 Å². The van der Waals surface area contributed by atoms with E-state index in [2.05, 4.69) is 69.4 Å². The Bertz CT molecular complexity index is 1480. The van der Waals surface area contributed by atoms with Gasteiger partial charge < -0.3 is 14.0 Å². The minimum absolute atomic E-state index is 0.0733. The average molecular weight is 456 g/mol. The third-order valence-corrected chi connectivity index (χ3v) is 7.04. The topological polar surface area (TPSA) is 83.0 Å². The summed E-state index contributed by atoms with van der Waals surface area (Å²) in [6, 6.07) is 14.1. The summed E-state index contributed by atoms with van der Waals surface area (Å²) in [5.74, 6) is 0. The monoisotopic (exact) mass is 455 g/mol. The molecule has 8 heteroatoms. The van der Waals surface area contributed by atoms with Gasteiger partial charge in [-0.1, -0.05) is 12.1 Å². The number of anilines is 1. The lowest BCUT2D eigenvalue weighted by Gasteiger charge is -2.45. The Balaban J connectivity index is 1.48. The molecule has 1 aliphatic rings. The number of nitrogens with zero attached hydrogens (tertiary/aromatic N) is 7. The first kappa shape index (κ1) is 22.1. The Morgan fingerprint density at radius 2 is 1.97 bits per heavy atom. The highest BCUT2D eigenvalue weighted by atomic mass is 16.1. The Morgan fingerprint density at radius 3 is 2.74 bits per heavy atom. The Hall–Kier alpha value is -3.70. The number of hydrogen-bond donors (Lipinski definition) is 0. The standard InChI is InChI=1S/C26H29N7O/c1-5-31-16-28-21-8-6-7-19(26(21)31)15-32-13-18(3)33(14-17(32)2)23-11-24(34)30(4)22-10-9-20(12-27)29-25(22)23/h6-11,16-18H,5,13-15H2,1-4H3/t17-,18+/m1/s1. The molecule has 4 heterocycles. The van der Waals surface area contributed by atoms with Gasteiger partial charge in [0, 0.05) is 51.4 Å². The molecule has 0 saturated carbocycles. The second-order valence-corrected chi connectivity index (χ2v) is 9.20. The molecule has 1 aromatic carbocycles. The van der Waals surface area contributed by atoms with Crippen molar-refractivity contribution >= 4 is 27.8 Å². The van der Waals surface area contributed by atoms with Crippen molar-refractivity contribution in [2.75, 3.05) is 18.0 Å². The molecule has 0 unspecified atom stereocenters. The summed E-state index contributed by atoms with van der Waals surface area (Å²) in [5, 5.41) is 9.38. The van der Waals surface area contributed by atoms with Gasteiger partial charge >= 0.3 is 0 Å². The average Bonchev–Trinajstić information content (AvgIpc) is 3.27. The maximum Gasteiger partial charge on any atom is 0.252 e. The molecule has 5 rings (SSSR count). The molecule has 4 aromatic rings. The van der Waals surface area contributed by atoms with Crippen LogP contribution in [0.5, 0.6) is 0 Å². The van der Waals surface area contributed by atoms with Crippen molar-refractivity contribution in [2.45, 2.75) is 45.9 Å². The highest BCUT2D eigenvalue weighted by molar-refractivity contribution is 5.89. The summed E-state index contributed by atoms with van der Waals surface area (Å²) in [6.07, 6.45) is 1.92. The summed E-state index contributed by atoms with van der Waals surface area (Å²) < 4.78 is 3.80. The summed E-state index contributed by atoms with van der Waals surface area (Å²) in [5.41, 5.74) is 6.04. The van der Waals surface area contributed by atoms with Gasteiger partial charge in [0.05, 0.1) is 28.6 Å². The first-order valence-electron chi connectivity index (χ1n) is 11.8. The molecule has 1 saturated heterocycles. The molecule has 0 spiro atoms. The molecule has 1 fully saturated rings. The zero-order chi connectivity index (χ0) is 24.0. The van der Waals surface area contributed by atoms with Crippen molar-refractivity contribution in [3.05, 3.63) is 64.3 Å². The van der Waals surface area contributed by atoms with Gasteiger partial charge in [-0.15, -0.1) is 0 Å². The van der Waals surface area contributed by atoms with E-state index in [-0.39, 0.29) is 17.6 Å². The molecule has 34 heavy (non-hydrogen) atoms. The van der Waals surface area contributed by atoms with Crippen LogP contribution in [0.2, 0.25) is 0 Å². The summed E-state index contributed by atoms with van der Waals surface area (Å²) in [6.45, 7) is 9.91. The van der Waals surface area contributed by atoms with Crippen molar-refractivity contribution in [3.63, 3.8) is 0 Å². The van der Waals surface area contributed by atoms with E-state index in [0.717, 1.165) is 42.9 Å². The van der Waals surface area contributed by atoms with Crippen LogP contribution in [0.1, 0.15) is 32.0 Å². The first-order valence-corrected chi connectivity index (χ1v) is 11.8. The van der Waals surface area contributed by atoms with Crippen molar-refractivity contribution in [3.8, 4) is 6.07 Å². The van der Waals surface area contributed by atoms with E-state index in [0.29, 0.717) is 11.2 Å². The summed E-state index contributed by atoms with van der Waals surface area (Å²) in [7, 11) is 1.74. The van der Waals surface area contributed by atoms with Crippen LogP contribution in [0.3, 0.4) is 0 Å². The number of para-hydroxylation sites is 1. The number of hydrogen-bond acceptors (Lipinski definition) is 6. The van der Waals surface area contributed by atoms with Crippen LogP contribution in [0.4, 0.5) is 5.69 Å². The SMILES string of the molecule is CCn1cnc2cccc(CN3C[C@H](C)N(c4cc(=O)n(C)c5ccc(C#N)nc45)C[C@H]3C)c21. The van der Waals surface area contributed by atoms with E-state index in [1.807, 2.05) is 12.4 Å². The van der Waals surface area contributed by atoms with Crippen LogP contribution >= 0.6 is 0 Å². The smallest absolute Gasteiger partial charge is 0.252 e. The highest BCUT2D eigenvalue weighted by Crippen LogP contribution is 2.30. The summed E-state index contributed by atoms with van der Waals surface area (Å²) in [4.78, 5) is 26.6. The predicted octanol–water partition coefficient (Wildman–Crippen LogP) is 3.27. The van der Waals surface area contributed by atoms with Gasteiger partial charge in [-0.3, -0.25) is 9.69 Å². The molecule has 3 aromatic heterocycles. The van der Waals surface area contributed by atoms with E-state index in [1.54, 1.807) is 23.7 Å². The Morgan fingerprint density at radius 1 is 1.15 bits per heavy atom. The van der Waals surface area contributed by atoms with E-state index < -0.39 is 0 Å². The minimum Gasteiger partial charge on any atom is -0.364 e. The maximum atomic E-state index is 12.7. The van der Waals surface area contributed by atoms with Crippen molar-refractivity contribution in [2.24, 2.45) is 7.05 Å². The van der Waals surface area contributed by atoms with Gasteiger partial charge in [-0.2, -0.15) is 5.26 Å². The maximum absolute atomic E-state index is 12.7. The molecule has 0 bridgehead atoms. The van der Waals surface area contributed by atoms with Gasteiger partial charge in [-0.25, -0.2) is 9.97 Å². The lowest BCUT2D eigenvalue weighted by atomic mass is 10.0. The number of fused-ring (bicyclic) bond motifs is 2. The van der Waals surface area contributed by atoms with Crippen molar-refractivity contribution in [1.82, 2.24) is 24.0 Å². The van der Waals surface area contributed by atoms with Crippen LogP contribution in [-0.4, -0.2) is 49.2 Å². The molecule has 0 amide bonds. The normalized spacial score (nSPS) is 19.1. The summed E-state index contributed by atoms with van der Waals surface area (Å²) >= 11 is 0. The molecule has 0 radical (unpaired) electrons. The molecule has 8 nitrogen and oxygen atoms in total. The molecular formula is C26H29N7O. The number of aryl methyl sites for hydroxylation is 2. The Labute approximate surface area is 198 Å². The second-order valence-electron chi connectivity index (χ2n) is 9.20. The fraction of sp³-hybridized carbons (Fsp3) is 0.385. The number of pyridine rings is 2. The van der Waals surface area contributed by atoms with Gasteiger partial charge in [0.15, 0.2) is 0 Å². The van der Waals surface area contributed by atoms with Crippen LogP contribution < -0.4 is 10.5 Å². The number of piperazine rings is 1. The Kier molecular flexibility index (Phi) is 5.58. The van der Waals surface area contributed by atoms with Gasteiger partial charge in [-0.05, 0) is 44.5 Å². The van der Waals surface area contributed by atoms with Gasteiger partial charge in [0.1, 0.15) is 17.3 Å². The number of aromatic nitrogens is 4. The van der Waals surface area contributed by atoms with Crippen LogP contribution in [0.15, 0.2) is 47.5 Å². The lowest BCUT2D eigenvalue weighted by Crippen LogP contribution is -2.56. The zero-order valence-corrected chi connectivity index (χ0v) is 20.1. The minimum atomic E-state index is -0.0733. The molecule has 174 valence electrons. The third-order valence-electron chi connectivity index (χ3n) is 7.04. The van der Waals surface area contributed by atoms with E-state index in [4.69, 9.17) is 0 Å². The first-order chi connectivity index (χ1) is 16.4. The molecule has 1 aliphatic heterocycles. The number of imidazole rings is 1. The highest BCUT2D eigenvalue weighted by Gasteiger charge is 2.31. The number of benzene rings is 1. The fourth-order valence-corrected chi connectivity index (χ4v) is 5.14. The van der Waals surface area contributed by atoms with E-state index >= 15 is 0 Å². The fourth-order valence-electron chi connectivity index (χ4n) is 5.14. The van der Waals surface area contributed by atoms with Gasteiger partial charge in [0.25, 0.3) is 5.56 Å². The molecular weight excluding hydrogens is 426 g/mol.